The summed E-state index contributed by atoms with van der Waals surface area (Å²) >= 11 is 0. The Morgan fingerprint density at radius 2 is 1.40 bits per heavy atom. The van der Waals surface area contributed by atoms with Crippen LogP contribution in [0.3, 0.4) is 0 Å². The lowest BCUT2D eigenvalue weighted by Gasteiger charge is -2.43. The standard InChI is InChI=1S/C90H139N13O23/c1-59-19-13-12-14-20-60(2)74(111-8)54-69-25-22-65(7)90(110,126-69)84(107)87(108)102-30-17-15-21-71(102)88(109)124-76(62(4)51-66-23-26-72(104)77(52-66)113-10)55-75(112-9)61(3)50-64(6)82(106)83(114-11)80(63(5)49-59)99-123-57-68-56-101(100-97-68)32-34-116-36-38-118-40-42-120-44-46-122-48-47-121-45-43-119-41-39-117-37-35-115-33-28-78(105)93-29-16-18-31-103-86-79(85(91)94-58-95-86)81(98-103)67-24-27-73-70(53-67)96-89(92)125-73/h12-14,19-20,24,27,50,53,56,58-59,61-63,65-66,69,71-72,74-77,82-83,104,106,110H,15-18,21-23,25-26,28-49,51-52,54-55,57H2,1-11H3,(H2,92,96)(H,93,105)(H2,91,94,95)/b14-12?,19-13-,60-20?,64-50-,99-80?/t59-,61-,62-,63-,65-,66+,69+,71+,72-,74+,75-,76+,77-,82-,83+,90-/m1/s1. The molecular weight excluding hydrogens is 1630 g/mol. The predicted molar refractivity (Wildman–Crippen MR) is 469 cm³/mol. The lowest BCUT2D eigenvalue weighted by molar-refractivity contribution is -0.265. The zero-order valence-electron chi connectivity index (χ0n) is 75.6. The fourth-order valence-corrected chi connectivity index (χ4v) is 16.6. The summed E-state index contributed by atoms with van der Waals surface area (Å²) in [6.07, 6.45) is 17.3. The van der Waals surface area contributed by atoms with Crippen LogP contribution in [0.1, 0.15) is 150 Å². The number of aromatic nitrogens is 8. The van der Waals surface area contributed by atoms with Gasteiger partial charge in [0.15, 0.2) is 17.8 Å². The molecule has 5 aromatic rings. The number of nitrogens with two attached hydrogens (primary N) is 2. The van der Waals surface area contributed by atoms with Crippen LogP contribution in [0.2, 0.25) is 0 Å². The van der Waals surface area contributed by atoms with Crippen LogP contribution >= 0.6 is 0 Å². The third kappa shape index (κ3) is 31.3. The summed E-state index contributed by atoms with van der Waals surface area (Å²) in [4.78, 5) is 76.6. The van der Waals surface area contributed by atoms with Gasteiger partial charge in [0, 0.05) is 90.7 Å². The number of anilines is 2. The van der Waals surface area contributed by atoms with E-state index in [2.05, 4.69) is 43.6 Å². The number of allylic oxidation sites excluding steroid dienone is 5. The minimum absolute atomic E-state index is 0.0214. The Morgan fingerprint density at radius 1 is 0.730 bits per heavy atom. The molecule has 8 N–H and O–H groups in total. The number of methoxy groups -OCH3 is 4. The summed E-state index contributed by atoms with van der Waals surface area (Å²) in [6.45, 7) is 21.4. The Kier molecular flexibility index (Phi) is 43.3. The van der Waals surface area contributed by atoms with E-state index in [1.54, 1.807) is 49.9 Å². The molecule has 2 amide bonds. The average molecular weight is 1770 g/mol. The molecule has 1 aliphatic carbocycles. The zero-order chi connectivity index (χ0) is 90.3. The van der Waals surface area contributed by atoms with Gasteiger partial charge in [-0.25, -0.2) is 24.1 Å². The highest BCUT2D eigenvalue weighted by molar-refractivity contribution is 6.39. The molecule has 36 heteroatoms. The molecule has 36 nitrogen and oxygen atoms in total. The van der Waals surface area contributed by atoms with Crippen molar-refractivity contribution < 1.29 is 110 Å². The quantitative estimate of drug-likeness (QED) is 0.00700. The first-order valence-electron chi connectivity index (χ1n) is 44.7. The second-order valence-corrected chi connectivity index (χ2v) is 33.3. The van der Waals surface area contributed by atoms with Gasteiger partial charge in [-0.05, 0) is 138 Å². The first-order valence-corrected chi connectivity index (χ1v) is 44.7. The number of cyclic esters (lactones) is 1. The number of nitrogens with one attached hydrogen (secondary N) is 1. The lowest BCUT2D eigenvalue weighted by atomic mass is 9.78. The normalized spacial score (nSPS) is 26.9. The van der Waals surface area contributed by atoms with Gasteiger partial charge in [-0.1, -0.05) is 81.4 Å². The number of esters is 1. The van der Waals surface area contributed by atoms with Crippen molar-refractivity contribution in [1.82, 2.24) is 49.9 Å². The maximum Gasteiger partial charge on any atom is 0.329 e. The van der Waals surface area contributed by atoms with Crippen LogP contribution in [-0.2, 0) is 110 Å². The highest BCUT2D eigenvalue weighted by Crippen LogP contribution is 2.40. The summed E-state index contributed by atoms with van der Waals surface area (Å²) in [5.74, 6) is -6.40. The molecule has 0 radical (unpaired) electrons. The number of oxazole rings is 1. The van der Waals surface area contributed by atoms with E-state index in [1.165, 1.54) is 18.3 Å². The molecule has 702 valence electrons. The van der Waals surface area contributed by atoms with Crippen molar-refractivity contribution in [2.24, 2.45) is 40.7 Å². The van der Waals surface area contributed by atoms with Gasteiger partial charge >= 0.3 is 5.97 Å². The lowest BCUT2D eigenvalue weighted by Crippen LogP contribution is -2.61. The van der Waals surface area contributed by atoms with E-state index in [0.29, 0.717) is 227 Å². The van der Waals surface area contributed by atoms with Crippen LogP contribution < -0.4 is 16.8 Å². The number of amides is 2. The SMILES string of the molecule is CO[C@H]1C[C@@H]2CC[C@@H](C)[C@@](O)(O2)C(=O)C(=O)N2CCCC[C@H]2C(=O)O[C@H]([C@H](C)C[C@@H]2CC[C@@H](O)[C@H](OC)C2)C[C@@H](OC)[C@H](C)/C=C(/C)[C@@H](O)[C@@H](OC)C(=NOCc2cn(CCOCCOCCOCCOCCOCCOCCOCCOCCC(=O)NCCCCn3nc(-c4ccc5oc(N)nc5c4)c4c(N)ncnc43)nn2)[C@H](C)C[C@H](C)/C=C\C=CC=C1C. The van der Waals surface area contributed by atoms with Gasteiger partial charge in [0.05, 0.1) is 160 Å². The molecular formula is C90H139N13O23. The molecule has 4 aromatic heterocycles. The van der Waals surface area contributed by atoms with Crippen molar-refractivity contribution in [3.8, 4) is 11.3 Å². The number of benzene rings is 1. The molecule has 4 aliphatic rings. The molecule has 126 heavy (non-hydrogen) atoms. The number of unbranched alkanes of at least 4 members (excludes halogenated alkanes) is 1. The summed E-state index contributed by atoms with van der Waals surface area (Å²) < 4.78 is 91.0. The van der Waals surface area contributed by atoms with Gasteiger partial charge < -0.3 is 113 Å². The molecule has 2 bridgehead atoms. The van der Waals surface area contributed by atoms with E-state index in [-0.39, 0.29) is 86.6 Å². The van der Waals surface area contributed by atoms with Crippen LogP contribution in [-0.4, -0.2) is 297 Å². The van der Waals surface area contributed by atoms with Crippen molar-refractivity contribution in [3.05, 3.63) is 84.0 Å². The fourth-order valence-electron chi connectivity index (χ4n) is 16.6. The smallest absolute Gasteiger partial charge is 0.329 e. The Bertz CT molecular complexity index is 4270. The third-order valence-electron chi connectivity index (χ3n) is 23.8. The molecule has 1 aromatic carbocycles. The number of nitrogen functional groups attached to an aromatic ring is 2. The zero-order valence-corrected chi connectivity index (χ0v) is 75.6. The highest BCUT2D eigenvalue weighted by atomic mass is 16.6. The molecule has 1 saturated carbocycles. The van der Waals surface area contributed by atoms with Crippen molar-refractivity contribution >= 4 is 63.2 Å². The summed E-state index contributed by atoms with van der Waals surface area (Å²) in [5, 5.41) is 57.1. The maximum atomic E-state index is 14.9. The number of fused-ring (bicyclic) bond motifs is 5. The van der Waals surface area contributed by atoms with Gasteiger partial charge in [-0.2, -0.15) is 10.1 Å². The van der Waals surface area contributed by atoms with Crippen molar-refractivity contribution in [2.45, 2.75) is 225 Å². The largest absolute Gasteiger partial charge is 0.460 e. The van der Waals surface area contributed by atoms with Crippen LogP contribution in [0, 0.1) is 35.5 Å². The van der Waals surface area contributed by atoms with Crippen molar-refractivity contribution in [2.75, 3.05) is 159 Å². The number of carbonyl (C=O) groups excluding carboxylic acids is 4. The van der Waals surface area contributed by atoms with E-state index >= 15 is 0 Å². The summed E-state index contributed by atoms with van der Waals surface area (Å²) in [7, 11) is 6.32. The van der Waals surface area contributed by atoms with Gasteiger partial charge in [0.2, 0.25) is 11.7 Å². The number of aryl methyl sites for hydroxylation is 1. The monoisotopic (exact) mass is 1770 g/mol. The van der Waals surface area contributed by atoms with Crippen molar-refractivity contribution in [3.63, 3.8) is 0 Å². The minimum atomic E-state index is -2.44. The van der Waals surface area contributed by atoms with Gasteiger partial charge in [-0.3, -0.25) is 14.4 Å². The van der Waals surface area contributed by atoms with E-state index in [9.17, 15) is 34.5 Å². The van der Waals surface area contributed by atoms with Gasteiger partial charge in [-0.15, -0.1) is 5.10 Å². The molecule has 0 unspecified atom stereocenters. The fraction of sp³-hybridized carbons (Fsp3) is 0.700. The number of aliphatic hydroxyl groups excluding tert-OH is 2. The number of nitrogens with zero attached hydrogens (tertiary/aromatic N) is 10. The minimum Gasteiger partial charge on any atom is -0.460 e. The summed E-state index contributed by atoms with van der Waals surface area (Å²) in [6, 6.07) is 4.47. The van der Waals surface area contributed by atoms with Crippen LogP contribution in [0.15, 0.2) is 87.9 Å². The number of oxime groups is 1. The third-order valence-corrected chi connectivity index (χ3v) is 23.8. The number of rotatable bonds is 43. The number of aliphatic hydroxyl groups is 3. The Morgan fingerprint density at radius 3 is 2.07 bits per heavy atom. The molecule has 2 saturated heterocycles. The van der Waals surface area contributed by atoms with Crippen LogP contribution in [0.4, 0.5) is 11.8 Å². The number of ether oxygens (including phenoxy) is 14. The number of Topliss-reactive ketones (excluding diaryl/α,β-unsaturated/α-hetero) is 1. The summed E-state index contributed by atoms with van der Waals surface area (Å²) in [5.41, 5.74) is 17.7. The number of piperidine rings is 1. The van der Waals surface area contributed by atoms with Gasteiger partial charge in [0.25, 0.3) is 17.7 Å². The Labute approximate surface area is 739 Å². The van der Waals surface area contributed by atoms with E-state index in [0.717, 1.165) is 30.4 Å². The van der Waals surface area contributed by atoms with E-state index in [4.69, 9.17) is 97.3 Å². The molecule has 9 rings (SSSR count). The Balaban J connectivity index is 0.647. The molecule has 0 spiro atoms. The first-order chi connectivity index (χ1) is 60.9. The maximum absolute atomic E-state index is 14.9. The van der Waals surface area contributed by atoms with Crippen LogP contribution in [0.25, 0.3) is 33.4 Å². The van der Waals surface area contributed by atoms with E-state index in [1.807, 2.05) is 77.1 Å². The van der Waals surface area contributed by atoms with Crippen LogP contribution in [0.5, 0.6) is 0 Å². The average Bonchev–Trinajstić information content (AvgIpc) is 1.72. The van der Waals surface area contributed by atoms with Crippen molar-refractivity contribution in [1.29, 1.82) is 0 Å². The van der Waals surface area contributed by atoms with E-state index < -0.39 is 78.1 Å². The molecule has 3 aliphatic heterocycles. The number of hydrogen-bond donors (Lipinski definition) is 6. The number of carbonyl (C=O) groups is 4. The number of hydrogen-bond acceptors (Lipinski definition) is 32. The highest BCUT2D eigenvalue weighted by Gasteiger charge is 2.53. The second-order valence-electron chi connectivity index (χ2n) is 33.3. The first kappa shape index (κ1) is 102. The second kappa shape index (κ2) is 53.7. The molecule has 7 heterocycles. The topological polar surface area (TPSA) is 447 Å². The molecule has 16 atom stereocenters. The Hall–Kier alpha value is -8.15. The van der Waals surface area contributed by atoms with Gasteiger partial charge in [0.1, 0.15) is 53.4 Å². The predicted octanol–water partition coefficient (Wildman–Crippen LogP) is 8.45. The molecule has 3 fully saturated rings. The number of ketones is 1.